The molecule has 0 aromatic rings. The first-order valence-corrected chi connectivity index (χ1v) is 16.5. The van der Waals surface area contributed by atoms with E-state index in [-0.39, 0.29) is 11.5 Å². The lowest BCUT2D eigenvalue weighted by molar-refractivity contribution is -0.266. The predicted octanol–water partition coefficient (Wildman–Crippen LogP) is -4.45. The fourth-order valence-electron chi connectivity index (χ4n) is 3.91. The molecular formula is C25H41N5O15S2. The first kappa shape index (κ1) is 41.8. The number of carboxylic acids is 3. The summed E-state index contributed by atoms with van der Waals surface area (Å²) in [6.45, 7) is 2.86. The first-order chi connectivity index (χ1) is 21.9. The molecule has 12 N–H and O–H groups in total. The molecule has 0 spiro atoms. The molecule has 4 amide bonds. The number of hydrogen-bond donors (Lipinski definition) is 11. The minimum absolute atomic E-state index is 0.0155. The summed E-state index contributed by atoms with van der Waals surface area (Å²) in [5.74, 6) is -7.64. The van der Waals surface area contributed by atoms with E-state index >= 15 is 0 Å². The van der Waals surface area contributed by atoms with Crippen molar-refractivity contribution in [3.8, 4) is 0 Å². The number of amides is 4. The molecule has 268 valence electrons. The van der Waals surface area contributed by atoms with E-state index in [0.717, 1.165) is 28.5 Å². The van der Waals surface area contributed by atoms with Crippen molar-refractivity contribution >= 4 is 63.1 Å². The lowest BCUT2D eigenvalue weighted by Crippen LogP contribution is -2.65. The van der Waals surface area contributed by atoms with E-state index < -0.39 is 122 Å². The normalized spacial score (nSPS) is 24.0. The fraction of sp³-hybridized carbons (Fsp3) is 0.720. The van der Waals surface area contributed by atoms with Crippen LogP contribution in [0.4, 0.5) is 0 Å². The highest BCUT2D eigenvalue weighted by atomic mass is 33.1. The van der Waals surface area contributed by atoms with Crippen LogP contribution in [-0.2, 0) is 43.0 Å². The molecule has 0 aromatic heterocycles. The smallest absolute Gasteiger partial charge is 0.327 e. The van der Waals surface area contributed by atoms with Crippen LogP contribution in [0, 0.1) is 0 Å². The summed E-state index contributed by atoms with van der Waals surface area (Å²) >= 11 is 0. The summed E-state index contributed by atoms with van der Waals surface area (Å²) in [4.78, 5) is 83.4. The van der Waals surface area contributed by atoms with Crippen molar-refractivity contribution in [1.82, 2.24) is 21.3 Å². The molecule has 20 nitrogen and oxygen atoms in total. The Morgan fingerprint density at radius 3 is 2.00 bits per heavy atom. The number of nitrogens with one attached hydrogen (secondary N) is 4. The van der Waals surface area contributed by atoms with Gasteiger partial charge in [-0.3, -0.25) is 24.0 Å². The quantitative estimate of drug-likeness (QED) is 0.0418. The molecule has 0 aliphatic carbocycles. The Labute approximate surface area is 276 Å². The molecule has 47 heavy (non-hydrogen) atoms. The SMILES string of the molecule is CC(=O)N[C@H]1C(O)O[C@H](CO)[C@@H](O)[C@@H]1OC(C)C(=O)N[C@@H](C)C(=O)N[C@@H](CCC(=O)N[C@@H](CSSC[C@@H](N)C(=O)O)C(=O)O)C(=O)O. The Hall–Kier alpha value is -3.25. The summed E-state index contributed by atoms with van der Waals surface area (Å²) in [6.07, 6.45) is -8.39. The average Bonchev–Trinajstić information content (AvgIpc) is 2.98. The van der Waals surface area contributed by atoms with Crippen LogP contribution in [0.2, 0.25) is 0 Å². The van der Waals surface area contributed by atoms with Gasteiger partial charge >= 0.3 is 17.9 Å². The lowest BCUT2D eigenvalue weighted by Gasteiger charge is -2.43. The molecule has 1 rings (SSSR count). The molecule has 1 saturated heterocycles. The van der Waals surface area contributed by atoms with Crippen LogP contribution in [0.1, 0.15) is 33.6 Å². The van der Waals surface area contributed by atoms with Crippen molar-refractivity contribution in [2.24, 2.45) is 5.73 Å². The maximum atomic E-state index is 12.8. The number of aliphatic hydroxyl groups is 3. The number of aliphatic hydroxyl groups excluding tert-OH is 3. The van der Waals surface area contributed by atoms with Gasteiger partial charge in [-0.05, 0) is 20.3 Å². The number of nitrogens with two attached hydrogens (primary N) is 1. The third kappa shape index (κ3) is 14.2. The van der Waals surface area contributed by atoms with E-state index in [1.165, 1.54) is 13.8 Å². The van der Waals surface area contributed by atoms with Crippen LogP contribution in [-0.4, -0.2) is 151 Å². The van der Waals surface area contributed by atoms with Crippen molar-refractivity contribution in [3.05, 3.63) is 0 Å². The third-order valence-corrected chi connectivity index (χ3v) is 8.96. The van der Waals surface area contributed by atoms with Crippen molar-refractivity contribution in [2.45, 2.75) is 94.5 Å². The maximum absolute atomic E-state index is 12.8. The number of carbonyl (C=O) groups excluding carboxylic acids is 4. The summed E-state index contributed by atoms with van der Waals surface area (Å²) < 4.78 is 10.6. The van der Waals surface area contributed by atoms with Gasteiger partial charge in [0.2, 0.25) is 23.6 Å². The molecule has 1 aliphatic rings. The highest BCUT2D eigenvalue weighted by Crippen LogP contribution is 2.24. The van der Waals surface area contributed by atoms with Gasteiger partial charge in [-0.2, -0.15) is 0 Å². The third-order valence-electron chi connectivity index (χ3n) is 6.52. The van der Waals surface area contributed by atoms with Crippen LogP contribution >= 0.6 is 21.6 Å². The van der Waals surface area contributed by atoms with Gasteiger partial charge in [0, 0.05) is 24.9 Å². The van der Waals surface area contributed by atoms with Crippen LogP contribution in [0.3, 0.4) is 0 Å². The first-order valence-electron chi connectivity index (χ1n) is 14.0. The van der Waals surface area contributed by atoms with E-state index in [4.69, 9.17) is 20.3 Å². The van der Waals surface area contributed by atoms with Gasteiger partial charge in [0.15, 0.2) is 6.29 Å². The second-order valence-electron chi connectivity index (χ2n) is 10.3. The zero-order valence-electron chi connectivity index (χ0n) is 25.6. The van der Waals surface area contributed by atoms with Gasteiger partial charge in [0.1, 0.15) is 54.6 Å². The van der Waals surface area contributed by atoms with Crippen molar-refractivity contribution < 1.29 is 73.7 Å². The minimum Gasteiger partial charge on any atom is -0.480 e. The Morgan fingerprint density at radius 2 is 1.47 bits per heavy atom. The zero-order valence-corrected chi connectivity index (χ0v) is 27.2. The average molecular weight is 716 g/mol. The summed E-state index contributed by atoms with van der Waals surface area (Å²) in [5.41, 5.74) is 5.36. The fourth-order valence-corrected chi connectivity index (χ4v) is 6.18. The highest BCUT2D eigenvalue weighted by Gasteiger charge is 2.47. The molecule has 10 atom stereocenters. The second-order valence-corrected chi connectivity index (χ2v) is 12.9. The van der Waals surface area contributed by atoms with Crippen LogP contribution in [0.25, 0.3) is 0 Å². The monoisotopic (exact) mass is 715 g/mol. The lowest BCUT2D eigenvalue weighted by atomic mass is 9.96. The van der Waals surface area contributed by atoms with E-state index in [2.05, 4.69) is 21.3 Å². The number of carboxylic acid groups (broad SMARTS) is 3. The van der Waals surface area contributed by atoms with E-state index in [9.17, 15) is 59.1 Å². The van der Waals surface area contributed by atoms with Gasteiger partial charge in [-0.1, -0.05) is 21.6 Å². The summed E-state index contributed by atoms with van der Waals surface area (Å²) in [6, 6.07) is -6.83. The van der Waals surface area contributed by atoms with E-state index in [1.807, 2.05) is 0 Å². The molecule has 22 heteroatoms. The van der Waals surface area contributed by atoms with Gasteiger partial charge in [-0.25, -0.2) is 9.59 Å². The molecular weight excluding hydrogens is 674 g/mol. The van der Waals surface area contributed by atoms with Crippen LogP contribution < -0.4 is 27.0 Å². The minimum atomic E-state index is -1.71. The van der Waals surface area contributed by atoms with Gasteiger partial charge in [0.05, 0.1) is 6.61 Å². The Kier molecular flexibility index (Phi) is 17.9. The number of hydrogen-bond acceptors (Lipinski definition) is 15. The topological polar surface area (TPSA) is 333 Å². The highest BCUT2D eigenvalue weighted by molar-refractivity contribution is 8.76. The van der Waals surface area contributed by atoms with Gasteiger partial charge < -0.3 is 67.1 Å². The maximum Gasteiger partial charge on any atom is 0.327 e. The molecule has 0 saturated carbocycles. The summed E-state index contributed by atoms with van der Waals surface area (Å²) in [7, 11) is 1.96. The van der Waals surface area contributed by atoms with Crippen molar-refractivity contribution in [3.63, 3.8) is 0 Å². The second kappa shape index (κ2) is 20.2. The van der Waals surface area contributed by atoms with Crippen molar-refractivity contribution in [1.29, 1.82) is 0 Å². The standard InChI is InChI=1S/C25H41N5O15S2/c1-9(27-21(36)10(2)44-19-17(28-11(3)32)25(43)45-15(6-31)18(19)34)20(35)30-13(23(39)40)4-5-16(33)29-14(24(41)42)8-47-46-7-12(26)22(37)38/h9-10,12-15,17-19,25,31,34,43H,4-8,26H2,1-3H3,(H,27,36)(H,28,32)(H,29,33)(H,30,35)(H,37,38)(H,39,40)(H,41,42)/t9-,10?,12+,13-,14-,15+,17+,18+,19+,25?/m0/s1. The number of ether oxygens (including phenoxy) is 2. The van der Waals surface area contributed by atoms with E-state index in [1.54, 1.807) is 0 Å². The van der Waals surface area contributed by atoms with E-state index in [0.29, 0.717) is 0 Å². The molecule has 1 fully saturated rings. The van der Waals surface area contributed by atoms with Crippen molar-refractivity contribution in [2.75, 3.05) is 18.1 Å². The zero-order chi connectivity index (χ0) is 36.0. The van der Waals surface area contributed by atoms with Crippen LogP contribution in [0.15, 0.2) is 0 Å². The Bertz CT molecular complexity index is 1130. The molecule has 0 bridgehead atoms. The largest absolute Gasteiger partial charge is 0.480 e. The molecule has 0 radical (unpaired) electrons. The van der Waals surface area contributed by atoms with Crippen LogP contribution in [0.5, 0.6) is 0 Å². The predicted molar refractivity (Wildman–Crippen MR) is 162 cm³/mol. The number of rotatable bonds is 20. The summed E-state index contributed by atoms with van der Waals surface area (Å²) in [5, 5.41) is 66.8. The number of aliphatic carboxylic acids is 3. The Morgan fingerprint density at radius 1 is 0.872 bits per heavy atom. The van der Waals surface area contributed by atoms with Gasteiger partial charge in [-0.15, -0.1) is 0 Å². The number of carbonyl (C=O) groups is 7. The van der Waals surface area contributed by atoms with Gasteiger partial charge in [0.25, 0.3) is 0 Å². The Balaban J connectivity index is 2.71. The molecule has 1 heterocycles. The molecule has 0 aromatic carbocycles. The molecule has 1 aliphatic heterocycles. The molecule has 2 unspecified atom stereocenters.